The summed E-state index contributed by atoms with van der Waals surface area (Å²) in [6, 6.07) is 19.3. The van der Waals surface area contributed by atoms with Crippen LogP contribution in [0, 0.1) is 11.8 Å². The Morgan fingerprint density at radius 3 is 2.25 bits per heavy atom. The van der Waals surface area contributed by atoms with Gasteiger partial charge in [0.2, 0.25) is 0 Å². The van der Waals surface area contributed by atoms with Gasteiger partial charge in [0.15, 0.2) is 5.82 Å². The number of hydrogen-bond donors (Lipinski definition) is 0. The zero-order chi connectivity index (χ0) is 16.5. The molecule has 24 heavy (non-hydrogen) atoms. The second kappa shape index (κ2) is 6.19. The second-order valence-corrected chi connectivity index (χ2v) is 6.92. The maximum Gasteiger partial charge on any atom is 0.182 e. The fourth-order valence-corrected chi connectivity index (χ4v) is 3.96. The molecule has 2 aromatic carbocycles. The van der Waals surface area contributed by atoms with Gasteiger partial charge in [-0.25, -0.2) is 4.68 Å². The first-order valence-corrected chi connectivity index (χ1v) is 8.68. The predicted octanol–water partition coefficient (Wildman–Crippen LogP) is 4.61. The largest absolute Gasteiger partial charge is 0.222 e. The van der Waals surface area contributed by atoms with Crippen molar-refractivity contribution in [1.29, 1.82) is 0 Å². The van der Waals surface area contributed by atoms with E-state index in [2.05, 4.69) is 77.9 Å². The first-order valence-electron chi connectivity index (χ1n) is 8.68. The number of tetrazole rings is 1. The molecule has 0 radical (unpaired) electrons. The summed E-state index contributed by atoms with van der Waals surface area (Å²) in [5.41, 5.74) is 3.48. The van der Waals surface area contributed by atoms with E-state index in [-0.39, 0.29) is 0 Å². The van der Waals surface area contributed by atoms with E-state index < -0.39 is 0 Å². The highest BCUT2D eigenvalue weighted by atomic mass is 15.6. The van der Waals surface area contributed by atoms with Crippen LogP contribution in [0.2, 0.25) is 0 Å². The molecule has 0 bridgehead atoms. The molecule has 2 atom stereocenters. The van der Waals surface area contributed by atoms with Crippen LogP contribution in [0.25, 0.3) is 22.5 Å². The molecule has 2 unspecified atom stereocenters. The summed E-state index contributed by atoms with van der Waals surface area (Å²) >= 11 is 0. The van der Waals surface area contributed by atoms with E-state index >= 15 is 0 Å². The van der Waals surface area contributed by atoms with Crippen molar-refractivity contribution in [3.63, 3.8) is 0 Å². The number of rotatable bonds is 3. The van der Waals surface area contributed by atoms with Crippen molar-refractivity contribution in [3.05, 3.63) is 54.6 Å². The molecule has 4 heteroatoms. The molecule has 1 fully saturated rings. The van der Waals surface area contributed by atoms with Crippen molar-refractivity contribution in [2.45, 2.75) is 32.7 Å². The summed E-state index contributed by atoms with van der Waals surface area (Å²) in [7, 11) is 0. The molecule has 1 heterocycles. The van der Waals surface area contributed by atoms with Gasteiger partial charge < -0.3 is 0 Å². The Kier molecular flexibility index (Phi) is 3.89. The molecule has 1 saturated carbocycles. The van der Waals surface area contributed by atoms with Crippen LogP contribution in [0.1, 0.15) is 32.7 Å². The monoisotopic (exact) mass is 318 g/mol. The molecule has 0 aliphatic heterocycles. The van der Waals surface area contributed by atoms with E-state index in [0.717, 1.165) is 11.4 Å². The molecule has 4 nitrogen and oxygen atoms in total. The summed E-state index contributed by atoms with van der Waals surface area (Å²) in [5, 5.41) is 12.6. The first kappa shape index (κ1) is 15.1. The van der Waals surface area contributed by atoms with E-state index in [1.165, 1.54) is 24.0 Å². The Hall–Kier alpha value is -2.49. The van der Waals surface area contributed by atoms with Crippen LogP contribution in [0.3, 0.4) is 0 Å². The van der Waals surface area contributed by atoms with Gasteiger partial charge in [0.1, 0.15) is 0 Å². The van der Waals surface area contributed by atoms with E-state index in [4.69, 9.17) is 0 Å². The fraction of sp³-hybridized carbons (Fsp3) is 0.350. The fourth-order valence-electron chi connectivity index (χ4n) is 3.96. The third-order valence-electron chi connectivity index (χ3n) is 5.25. The Bertz CT molecular complexity index is 814. The van der Waals surface area contributed by atoms with E-state index in [9.17, 15) is 0 Å². The van der Waals surface area contributed by atoms with Crippen LogP contribution >= 0.6 is 0 Å². The van der Waals surface area contributed by atoms with Gasteiger partial charge in [-0.2, -0.15) is 0 Å². The third kappa shape index (κ3) is 2.62. The lowest BCUT2D eigenvalue weighted by atomic mass is 9.99. The van der Waals surface area contributed by atoms with Crippen molar-refractivity contribution in [2.75, 3.05) is 0 Å². The molecular weight excluding hydrogens is 296 g/mol. The summed E-state index contributed by atoms with van der Waals surface area (Å²) in [4.78, 5) is 0. The maximum absolute atomic E-state index is 4.34. The molecule has 0 N–H and O–H groups in total. The zero-order valence-electron chi connectivity index (χ0n) is 14.1. The Balaban J connectivity index is 1.75. The minimum absolute atomic E-state index is 0.385. The molecule has 3 aromatic rings. The lowest BCUT2D eigenvalue weighted by Crippen LogP contribution is -2.19. The summed E-state index contributed by atoms with van der Waals surface area (Å²) in [6.07, 6.45) is 2.49. The van der Waals surface area contributed by atoms with Gasteiger partial charge in [0.05, 0.1) is 6.04 Å². The smallest absolute Gasteiger partial charge is 0.182 e. The third-order valence-corrected chi connectivity index (χ3v) is 5.25. The highest BCUT2D eigenvalue weighted by molar-refractivity contribution is 5.70. The van der Waals surface area contributed by atoms with Crippen LogP contribution in [-0.2, 0) is 0 Å². The van der Waals surface area contributed by atoms with Gasteiger partial charge in [-0.1, -0.05) is 62.4 Å². The number of hydrogen-bond acceptors (Lipinski definition) is 3. The molecule has 1 aliphatic carbocycles. The van der Waals surface area contributed by atoms with Crippen molar-refractivity contribution in [1.82, 2.24) is 20.2 Å². The molecule has 0 amide bonds. The normalized spacial score (nSPS) is 23.5. The van der Waals surface area contributed by atoms with Crippen molar-refractivity contribution < 1.29 is 0 Å². The predicted molar refractivity (Wildman–Crippen MR) is 95.3 cm³/mol. The van der Waals surface area contributed by atoms with Crippen molar-refractivity contribution in [2.24, 2.45) is 11.8 Å². The highest BCUT2D eigenvalue weighted by Crippen LogP contribution is 2.41. The standard InChI is InChI=1S/C20H22N4/c1-14-11-12-15(2)19(14)24-20(21-22-23-24)18-10-6-9-17(13-18)16-7-4-3-5-8-16/h3-10,13-15,19H,11-12H2,1-2H3. The summed E-state index contributed by atoms with van der Waals surface area (Å²) in [6.45, 7) is 4.61. The Morgan fingerprint density at radius 2 is 1.50 bits per heavy atom. The first-order chi connectivity index (χ1) is 11.7. The van der Waals surface area contributed by atoms with Crippen LogP contribution in [0.4, 0.5) is 0 Å². The molecule has 0 saturated heterocycles. The van der Waals surface area contributed by atoms with Crippen molar-refractivity contribution in [3.8, 4) is 22.5 Å². The van der Waals surface area contributed by atoms with Gasteiger partial charge in [-0.15, -0.1) is 5.10 Å². The highest BCUT2D eigenvalue weighted by Gasteiger charge is 2.34. The lowest BCUT2D eigenvalue weighted by Gasteiger charge is -2.21. The van der Waals surface area contributed by atoms with Crippen LogP contribution in [0.5, 0.6) is 0 Å². The molecule has 0 spiro atoms. The van der Waals surface area contributed by atoms with Gasteiger partial charge in [0.25, 0.3) is 0 Å². The quantitative estimate of drug-likeness (QED) is 0.708. The summed E-state index contributed by atoms with van der Waals surface area (Å²) in [5.74, 6) is 2.09. The average molecular weight is 318 g/mol. The summed E-state index contributed by atoms with van der Waals surface area (Å²) < 4.78 is 2.05. The molecule has 122 valence electrons. The SMILES string of the molecule is CC1CCC(C)C1n1nnnc1-c1cccc(-c2ccccc2)c1. The molecule has 4 rings (SSSR count). The molecule has 1 aromatic heterocycles. The van der Waals surface area contributed by atoms with Crippen LogP contribution in [0.15, 0.2) is 54.6 Å². The maximum atomic E-state index is 4.34. The number of aromatic nitrogens is 4. The van der Waals surface area contributed by atoms with Crippen LogP contribution < -0.4 is 0 Å². The Labute approximate surface area is 142 Å². The topological polar surface area (TPSA) is 43.6 Å². The van der Waals surface area contributed by atoms with Gasteiger partial charge in [-0.3, -0.25) is 0 Å². The van der Waals surface area contributed by atoms with Gasteiger partial charge in [0, 0.05) is 5.56 Å². The number of nitrogens with zero attached hydrogens (tertiary/aromatic N) is 4. The van der Waals surface area contributed by atoms with Gasteiger partial charge in [-0.05, 0) is 52.3 Å². The Morgan fingerprint density at radius 1 is 0.833 bits per heavy atom. The molecule has 1 aliphatic rings. The van der Waals surface area contributed by atoms with E-state index in [1.807, 2.05) is 10.7 Å². The van der Waals surface area contributed by atoms with Crippen LogP contribution in [-0.4, -0.2) is 20.2 Å². The van der Waals surface area contributed by atoms with E-state index in [0.29, 0.717) is 17.9 Å². The van der Waals surface area contributed by atoms with E-state index in [1.54, 1.807) is 0 Å². The average Bonchev–Trinajstić information content (AvgIpc) is 3.22. The van der Waals surface area contributed by atoms with Gasteiger partial charge >= 0.3 is 0 Å². The zero-order valence-corrected chi connectivity index (χ0v) is 14.1. The minimum Gasteiger partial charge on any atom is -0.222 e. The second-order valence-electron chi connectivity index (χ2n) is 6.92. The molecular formula is C20H22N4. The van der Waals surface area contributed by atoms with Crippen molar-refractivity contribution >= 4 is 0 Å². The minimum atomic E-state index is 0.385. The number of benzene rings is 2. The lowest BCUT2D eigenvalue weighted by molar-refractivity contribution is 0.311.